The van der Waals surface area contributed by atoms with Gasteiger partial charge in [-0.1, -0.05) is 42.5 Å². The summed E-state index contributed by atoms with van der Waals surface area (Å²) in [4.78, 5) is 4.56. The van der Waals surface area contributed by atoms with E-state index in [2.05, 4.69) is 4.98 Å². The van der Waals surface area contributed by atoms with E-state index in [1.165, 1.54) is 0 Å². The van der Waals surface area contributed by atoms with Crippen molar-refractivity contribution in [3.63, 3.8) is 0 Å². The Balaban J connectivity index is 1.44. The molecule has 0 amide bonds. The second-order valence-electron chi connectivity index (χ2n) is 6.43. The maximum absolute atomic E-state index is 12.6. The Bertz CT molecular complexity index is 926. The number of fused-ring (bicyclic) bond motifs is 1. The minimum atomic E-state index is -3.28. The van der Waals surface area contributed by atoms with Gasteiger partial charge in [0.15, 0.2) is 11.5 Å². The van der Waals surface area contributed by atoms with Gasteiger partial charge in [-0.05, 0) is 30.5 Å². The molecule has 0 bridgehead atoms. The van der Waals surface area contributed by atoms with Gasteiger partial charge in [-0.25, -0.2) is 17.7 Å². The normalized spacial score (nSPS) is 17.1. The highest BCUT2D eigenvalue weighted by atomic mass is 32.2. The molecule has 5 nitrogen and oxygen atoms in total. The van der Waals surface area contributed by atoms with Gasteiger partial charge in [0.1, 0.15) is 5.52 Å². The molecule has 4 rings (SSSR count). The number of hydrogen-bond donors (Lipinski definition) is 0. The monoisotopic (exact) mass is 356 g/mol. The third-order valence-corrected chi connectivity index (χ3v) is 6.55. The molecule has 1 aliphatic heterocycles. The Morgan fingerprint density at radius 1 is 1.00 bits per heavy atom. The van der Waals surface area contributed by atoms with Crippen LogP contribution in [-0.2, 0) is 15.8 Å². The largest absolute Gasteiger partial charge is 0.440 e. The van der Waals surface area contributed by atoms with Gasteiger partial charge in [-0.15, -0.1) is 0 Å². The Kier molecular flexibility index (Phi) is 4.31. The van der Waals surface area contributed by atoms with Crippen LogP contribution in [0.4, 0.5) is 0 Å². The van der Waals surface area contributed by atoms with Crippen LogP contribution in [0.25, 0.3) is 11.1 Å². The van der Waals surface area contributed by atoms with E-state index in [-0.39, 0.29) is 11.7 Å². The van der Waals surface area contributed by atoms with Gasteiger partial charge in [-0.2, -0.15) is 0 Å². The summed E-state index contributed by atoms with van der Waals surface area (Å²) in [7, 11) is -3.28. The molecule has 6 heteroatoms. The molecule has 1 saturated heterocycles. The van der Waals surface area contributed by atoms with E-state index in [4.69, 9.17) is 4.42 Å². The second kappa shape index (κ2) is 6.61. The zero-order chi connectivity index (χ0) is 17.3. The van der Waals surface area contributed by atoms with Gasteiger partial charge in [0.05, 0.1) is 5.75 Å². The topological polar surface area (TPSA) is 63.4 Å². The van der Waals surface area contributed by atoms with Crippen molar-refractivity contribution < 1.29 is 12.8 Å². The zero-order valence-electron chi connectivity index (χ0n) is 13.8. The van der Waals surface area contributed by atoms with E-state index in [1.807, 2.05) is 54.6 Å². The standard InChI is InChI=1S/C19H20N2O3S/c22-25(23,14-15-6-2-1-3-7-15)21-12-10-16(11-13-21)19-20-17-8-4-5-9-18(17)24-19/h1-9,16H,10-14H2. The molecule has 2 aromatic carbocycles. The van der Waals surface area contributed by atoms with E-state index < -0.39 is 10.0 Å². The van der Waals surface area contributed by atoms with Crippen molar-refractivity contribution in [3.8, 4) is 0 Å². The van der Waals surface area contributed by atoms with Crippen molar-refractivity contribution in [2.45, 2.75) is 24.5 Å². The molecule has 1 aliphatic rings. The van der Waals surface area contributed by atoms with Gasteiger partial charge < -0.3 is 4.42 Å². The number of hydrogen-bond acceptors (Lipinski definition) is 4. The average molecular weight is 356 g/mol. The van der Waals surface area contributed by atoms with Gasteiger partial charge in [0.2, 0.25) is 10.0 Å². The summed E-state index contributed by atoms with van der Waals surface area (Å²) in [6.45, 7) is 1.02. The molecule has 130 valence electrons. The van der Waals surface area contributed by atoms with Crippen LogP contribution in [0.5, 0.6) is 0 Å². The minimum absolute atomic E-state index is 0.0569. The first-order valence-electron chi connectivity index (χ1n) is 8.49. The number of piperidine rings is 1. The fraction of sp³-hybridized carbons (Fsp3) is 0.316. The van der Waals surface area contributed by atoms with E-state index in [0.717, 1.165) is 35.4 Å². The molecular weight excluding hydrogens is 336 g/mol. The summed E-state index contributed by atoms with van der Waals surface area (Å²) in [5, 5.41) is 0. The molecule has 0 unspecified atom stereocenters. The van der Waals surface area contributed by atoms with Crippen LogP contribution in [0.2, 0.25) is 0 Å². The molecule has 25 heavy (non-hydrogen) atoms. The van der Waals surface area contributed by atoms with Gasteiger partial charge in [-0.3, -0.25) is 0 Å². The Labute approximate surface area is 147 Å². The maximum atomic E-state index is 12.6. The summed E-state index contributed by atoms with van der Waals surface area (Å²) >= 11 is 0. The molecular formula is C19H20N2O3S. The Morgan fingerprint density at radius 3 is 2.40 bits per heavy atom. The Morgan fingerprint density at radius 2 is 1.68 bits per heavy atom. The lowest BCUT2D eigenvalue weighted by Gasteiger charge is -2.29. The number of rotatable bonds is 4. The van der Waals surface area contributed by atoms with Crippen LogP contribution in [0.15, 0.2) is 59.0 Å². The van der Waals surface area contributed by atoms with Crippen LogP contribution in [0.1, 0.15) is 30.2 Å². The predicted octanol–water partition coefficient (Wildman–Crippen LogP) is 3.54. The molecule has 0 saturated carbocycles. The van der Waals surface area contributed by atoms with Crippen LogP contribution in [-0.4, -0.2) is 30.8 Å². The number of benzene rings is 2. The number of para-hydroxylation sites is 2. The highest BCUT2D eigenvalue weighted by Gasteiger charge is 2.30. The molecule has 0 aliphatic carbocycles. The Hall–Kier alpha value is -2.18. The van der Waals surface area contributed by atoms with Crippen LogP contribution in [0.3, 0.4) is 0 Å². The van der Waals surface area contributed by atoms with Crippen LogP contribution in [0, 0.1) is 0 Å². The third kappa shape index (κ3) is 3.45. The number of nitrogens with zero attached hydrogens (tertiary/aromatic N) is 2. The SMILES string of the molecule is O=S(=O)(Cc1ccccc1)N1CCC(c2nc3ccccc3o2)CC1. The summed E-state index contributed by atoms with van der Waals surface area (Å²) in [5.41, 5.74) is 2.47. The molecule has 2 heterocycles. The van der Waals surface area contributed by atoms with Gasteiger partial charge >= 0.3 is 0 Å². The quantitative estimate of drug-likeness (QED) is 0.717. The van der Waals surface area contributed by atoms with Crippen LogP contribution < -0.4 is 0 Å². The van der Waals surface area contributed by atoms with Gasteiger partial charge in [0.25, 0.3) is 0 Å². The van der Waals surface area contributed by atoms with Crippen molar-refractivity contribution in [2.75, 3.05) is 13.1 Å². The average Bonchev–Trinajstić information content (AvgIpc) is 3.06. The van der Waals surface area contributed by atoms with Crippen molar-refractivity contribution in [2.24, 2.45) is 0 Å². The first-order chi connectivity index (χ1) is 12.1. The van der Waals surface area contributed by atoms with Crippen molar-refractivity contribution in [3.05, 3.63) is 66.1 Å². The highest BCUT2D eigenvalue weighted by Crippen LogP contribution is 2.31. The number of aromatic nitrogens is 1. The number of oxazole rings is 1. The molecule has 0 N–H and O–H groups in total. The summed E-state index contributed by atoms with van der Waals surface area (Å²) in [6.07, 6.45) is 1.47. The van der Waals surface area contributed by atoms with E-state index in [1.54, 1.807) is 4.31 Å². The predicted molar refractivity (Wildman–Crippen MR) is 96.6 cm³/mol. The lowest BCUT2D eigenvalue weighted by Crippen LogP contribution is -2.38. The fourth-order valence-corrected chi connectivity index (χ4v) is 4.89. The highest BCUT2D eigenvalue weighted by molar-refractivity contribution is 7.88. The summed E-state index contributed by atoms with van der Waals surface area (Å²) in [5.74, 6) is 0.957. The van der Waals surface area contributed by atoms with E-state index in [9.17, 15) is 8.42 Å². The summed E-state index contributed by atoms with van der Waals surface area (Å²) in [6, 6.07) is 17.0. The van der Waals surface area contributed by atoms with Crippen molar-refractivity contribution >= 4 is 21.1 Å². The number of sulfonamides is 1. The molecule has 0 spiro atoms. The lowest BCUT2D eigenvalue weighted by atomic mass is 9.98. The zero-order valence-corrected chi connectivity index (χ0v) is 14.7. The van der Waals surface area contributed by atoms with Crippen molar-refractivity contribution in [1.29, 1.82) is 0 Å². The van der Waals surface area contributed by atoms with E-state index >= 15 is 0 Å². The second-order valence-corrected chi connectivity index (χ2v) is 8.40. The first-order valence-corrected chi connectivity index (χ1v) is 10.1. The third-order valence-electron chi connectivity index (χ3n) is 4.70. The molecule has 1 fully saturated rings. The molecule has 0 atom stereocenters. The van der Waals surface area contributed by atoms with Crippen LogP contribution >= 0.6 is 0 Å². The van der Waals surface area contributed by atoms with Gasteiger partial charge in [0, 0.05) is 19.0 Å². The minimum Gasteiger partial charge on any atom is -0.440 e. The lowest BCUT2D eigenvalue weighted by molar-refractivity contribution is 0.293. The molecule has 1 aromatic heterocycles. The maximum Gasteiger partial charge on any atom is 0.218 e. The van der Waals surface area contributed by atoms with E-state index in [0.29, 0.717) is 13.1 Å². The summed E-state index contributed by atoms with van der Waals surface area (Å²) < 4.78 is 32.7. The first kappa shape index (κ1) is 16.3. The smallest absolute Gasteiger partial charge is 0.218 e. The fourth-order valence-electron chi connectivity index (χ4n) is 3.32. The van der Waals surface area contributed by atoms with Crippen molar-refractivity contribution in [1.82, 2.24) is 9.29 Å². The molecule has 0 radical (unpaired) electrons. The molecule has 3 aromatic rings.